The molecule has 3 N–H and O–H groups in total. The molecule has 1 heterocycles. The lowest BCUT2D eigenvalue weighted by Crippen LogP contribution is -2.44. The van der Waals surface area contributed by atoms with E-state index in [0.29, 0.717) is 23.9 Å². The number of nitrogens with one attached hydrogen (secondary N) is 2. The van der Waals surface area contributed by atoms with E-state index in [0.717, 1.165) is 23.8 Å². The van der Waals surface area contributed by atoms with E-state index in [4.69, 9.17) is 5.11 Å². The molecule has 0 spiro atoms. The predicted octanol–water partition coefficient (Wildman–Crippen LogP) is 4.31. The summed E-state index contributed by atoms with van der Waals surface area (Å²) in [7, 11) is 0. The Hall–Kier alpha value is -0.930. The Morgan fingerprint density at radius 3 is 2.09 bits per heavy atom. The van der Waals surface area contributed by atoms with Crippen LogP contribution >= 0.6 is 23.5 Å². The average Bonchev–Trinajstić information content (AvgIpc) is 3.29. The Labute approximate surface area is 201 Å². The molecule has 1 saturated heterocycles. The van der Waals surface area contributed by atoms with E-state index >= 15 is 0 Å². The molecule has 184 valence electrons. The lowest BCUT2D eigenvalue weighted by molar-refractivity contribution is -0.148. The van der Waals surface area contributed by atoms with Crippen molar-refractivity contribution >= 4 is 40.6 Å². The van der Waals surface area contributed by atoms with Crippen LogP contribution in [0.4, 0.5) is 4.79 Å². The number of rotatable bonds is 7. The summed E-state index contributed by atoms with van der Waals surface area (Å²) in [5, 5.41) is 15.4. The van der Waals surface area contributed by atoms with Crippen LogP contribution in [0.1, 0.15) is 78.1 Å². The van der Waals surface area contributed by atoms with Crippen LogP contribution in [-0.2, 0) is 9.59 Å². The first-order valence-corrected chi connectivity index (χ1v) is 14.3. The largest absolute Gasteiger partial charge is 0.480 e. The number of carboxylic acid groups (broad SMARTS) is 1. The van der Waals surface area contributed by atoms with Gasteiger partial charge in [0.15, 0.2) is 0 Å². The van der Waals surface area contributed by atoms with E-state index in [1.54, 1.807) is 6.92 Å². The van der Waals surface area contributed by atoms with Crippen LogP contribution < -0.4 is 10.6 Å². The summed E-state index contributed by atoms with van der Waals surface area (Å²) in [6.07, 6.45) is 14.6. The fraction of sp³-hybridized carbons (Fsp3) is 0.870. The maximum Gasteiger partial charge on any atom is 0.327 e. The number of aliphatic carboxylic acids is 1. The van der Waals surface area contributed by atoms with Crippen LogP contribution in [-0.4, -0.2) is 69.2 Å². The molecule has 0 bridgehead atoms. The smallest absolute Gasteiger partial charge is 0.327 e. The molecule has 32 heavy (non-hydrogen) atoms. The lowest BCUT2D eigenvalue weighted by Gasteiger charge is -2.30. The molecule has 0 aromatic rings. The van der Waals surface area contributed by atoms with Gasteiger partial charge in [-0.3, -0.25) is 9.59 Å². The number of carbonyl (C=O) groups excluding carboxylic acids is 2. The van der Waals surface area contributed by atoms with Gasteiger partial charge in [0.25, 0.3) is 5.24 Å². The Morgan fingerprint density at radius 1 is 1.03 bits per heavy atom. The molecule has 3 rings (SSSR count). The Balaban J connectivity index is 0.000000242. The molecule has 2 amide bonds. The number of amides is 2. The predicted molar refractivity (Wildman–Crippen MR) is 133 cm³/mol. The molecule has 2 unspecified atom stereocenters. The van der Waals surface area contributed by atoms with Crippen LogP contribution in [0.15, 0.2) is 0 Å². The number of nitrogens with zero attached hydrogens (tertiary/aromatic N) is 1. The van der Waals surface area contributed by atoms with Gasteiger partial charge < -0.3 is 20.6 Å². The zero-order valence-corrected chi connectivity index (χ0v) is 21.3. The molecule has 9 heteroatoms. The van der Waals surface area contributed by atoms with Gasteiger partial charge in [-0.05, 0) is 32.6 Å². The Morgan fingerprint density at radius 2 is 1.59 bits per heavy atom. The number of hydrogen-bond donors (Lipinski definition) is 3. The standard InChI is InChI=1S/C12H23N.C11H18N2O4S2/c1-3-7-11(8-4-1)13-12-9-5-2-6-10-12;1-3-12-11(17)19-4-7(2)9(14)13-6-18-5-8(13)10(15)16/h11-13H,1-10H2;7-8H,3-6H2,1-2H3,(H,12,17)(H,15,16). The monoisotopic (exact) mass is 487 g/mol. The summed E-state index contributed by atoms with van der Waals surface area (Å²) in [6, 6.07) is 1.00. The first-order chi connectivity index (χ1) is 15.4. The van der Waals surface area contributed by atoms with Gasteiger partial charge in [-0.15, -0.1) is 11.8 Å². The molecular weight excluding hydrogens is 446 g/mol. The van der Waals surface area contributed by atoms with Gasteiger partial charge in [0.1, 0.15) is 6.04 Å². The molecule has 7 nitrogen and oxygen atoms in total. The minimum Gasteiger partial charge on any atom is -0.480 e. The fourth-order valence-corrected chi connectivity index (χ4v) is 6.43. The van der Waals surface area contributed by atoms with Crippen molar-refractivity contribution in [2.24, 2.45) is 5.92 Å². The third kappa shape index (κ3) is 9.51. The summed E-state index contributed by atoms with van der Waals surface area (Å²) in [4.78, 5) is 35.8. The number of thioether (sulfide) groups is 2. The second-order valence-corrected chi connectivity index (χ2v) is 11.0. The van der Waals surface area contributed by atoms with E-state index in [1.165, 1.54) is 80.9 Å². The number of hydrogen-bond acceptors (Lipinski definition) is 6. The van der Waals surface area contributed by atoms with Gasteiger partial charge in [0, 0.05) is 36.1 Å². The van der Waals surface area contributed by atoms with Crippen molar-refractivity contribution < 1.29 is 19.5 Å². The van der Waals surface area contributed by atoms with Crippen LogP contribution in [0.2, 0.25) is 0 Å². The fourth-order valence-electron chi connectivity index (χ4n) is 4.49. The number of carboxylic acids is 1. The third-order valence-corrected chi connectivity index (χ3v) is 8.42. The quantitative estimate of drug-likeness (QED) is 0.492. The van der Waals surface area contributed by atoms with Crippen molar-refractivity contribution in [2.75, 3.05) is 23.9 Å². The highest BCUT2D eigenvalue weighted by Gasteiger charge is 2.36. The minimum absolute atomic E-state index is 0.160. The summed E-state index contributed by atoms with van der Waals surface area (Å²) < 4.78 is 0. The van der Waals surface area contributed by atoms with E-state index in [-0.39, 0.29) is 17.1 Å². The van der Waals surface area contributed by atoms with Crippen LogP contribution in [0.25, 0.3) is 0 Å². The first-order valence-electron chi connectivity index (χ1n) is 12.2. The maximum absolute atomic E-state index is 12.1. The van der Waals surface area contributed by atoms with Gasteiger partial charge in [-0.25, -0.2) is 4.79 Å². The average molecular weight is 488 g/mol. The molecule has 1 aliphatic heterocycles. The molecular formula is C23H41N3O4S2. The second kappa shape index (κ2) is 15.1. The Bertz CT molecular complexity index is 580. The van der Waals surface area contributed by atoms with E-state index in [9.17, 15) is 14.4 Å². The van der Waals surface area contributed by atoms with Crippen molar-refractivity contribution in [3.63, 3.8) is 0 Å². The van der Waals surface area contributed by atoms with E-state index in [1.807, 2.05) is 6.92 Å². The summed E-state index contributed by atoms with van der Waals surface area (Å²) in [5.74, 6) is -0.342. The first kappa shape index (κ1) is 27.3. The van der Waals surface area contributed by atoms with Gasteiger partial charge in [0.2, 0.25) is 5.91 Å². The van der Waals surface area contributed by atoms with Gasteiger partial charge in [0.05, 0.1) is 5.88 Å². The number of carbonyl (C=O) groups is 3. The van der Waals surface area contributed by atoms with Gasteiger partial charge >= 0.3 is 5.97 Å². The minimum atomic E-state index is -0.970. The second-order valence-electron chi connectivity index (χ2n) is 9.03. The molecule has 2 saturated carbocycles. The summed E-state index contributed by atoms with van der Waals surface area (Å²) >= 11 is 2.49. The zero-order chi connectivity index (χ0) is 23.3. The molecule has 0 radical (unpaired) electrons. The van der Waals surface area contributed by atoms with Crippen LogP contribution in [0.3, 0.4) is 0 Å². The van der Waals surface area contributed by atoms with Crippen molar-refractivity contribution in [1.29, 1.82) is 0 Å². The van der Waals surface area contributed by atoms with Crippen molar-refractivity contribution in [3.05, 3.63) is 0 Å². The third-order valence-electron chi connectivity index (χ3n) is 6.34. The SMILES string of the molecule is C1CCC(NC2CCCCC2)CC1.CCNC(=O)SCC(C)C(=O)N1CSCC1C(=O)O. The highest BCUT2D eigenvalue weighted by Crippen LogP contribution is 2.24. The van der Waals surface area contributed by atoms with Gasteiger partial charge in [-0.2, -0.15) is 0 Å². The zero-order valence-electron chi connectivity index (χ0n) is 19.6. The van der Waals surface area contributed by atoms with Crippen LogP contribution in [0, 0.1) is 5.92 Å². The topological polar surface area (TPSA) is 98.7 Å². The van der Waals surface area contributed by atoms with Crippen molar-refractivity contribution in [1.82, 2.24) is 15.5 Å². The Kier molecular flexibility index (Phi) is 12.9. The van der Waals surface area contributed by atoms with E-state index < -0.39 is 12.0 Å². The molecule has 3 aliphatic rings. The molecule has 2 aliphatic carbocycles. The highest BCUT2D eigenvalue weighted by molar-refractivity contribution is 8.13. The highest BCUT2D eigenvalue weighted by atomic mass is 32.2. The normalized spacial score (nSPS) is 23.2. The van der Waals surface area contributed by atoms with E-state index in [2.05, 4.69) is 10.6 Å². The van der Waals surface area contributed by atoms with Crippen molar-refractivity contribution in [2.45, 2.75) is 96.2 Å². The summed E-state index contributed by atoms with van der Waals surface area (Å²) in [5.41, 5.74) is 0. The molecule has 0 aromatic heterocycles. The molecule has 0 aromatic carbocycles. The summed E-state index contributed by atoms with van der Waals surface area (Å²) in [6.45, 7) is 4.10. The lowest BCUT2D eigenvalue weighted by atomic mass is 9.91. The van der Waals surface area contributed by atoms with Crippen LogP contribution in [0.5, 0.6) is 0 Å². The molecule has 2 atom stereocenters. The van der Waals surface area contributed by atoms with Crippen molar-refractivity contribution in [3.8, 4) is 0 Å². The maximum atomic E-state index is 12.1. The molecule has 3 fully saturated rings. The van der Waals surface area contributed by atoms with Gasteiger partial charge in [-0.1, -0.05) is 57.2 Å².